The van der Waals surface area contributed by atoms with Crippen molar-refractivity contribution in [3.8, 4) is 0 Å². The smallest absolute Gasteiger partial charge is 0.0886 e. The molecule has 0 aromatic heterocycles. The van der Waals surface area contributed by atoms with Gasteiger partial charge in [0, 0.05) is 5.56 Å². The van der Waals surface area contributed by atoms with Crippen molar-refractivity contribution in [3.05, 3.63) is 33.8 Å². The standard InChI is InChI=1S/C13H16Cl2O/c1-13(16,8-9-4-2-5-9)10-6-3-7-11(14)12(10)15/h3,6-7,9,16H,2,4-5,8H2,1H3. The zero-order valence-electron chi connectivity index (χ0n) is 9.34. The van der Waals surface area contributed by atoms with E-state index in [1.54, 1.807) is 6.07 Å². The van der Waals surface area contributed by atoms with Crippen LogP contribution in [0.3, 0.4) is 0 Å². The summed E-state index contributed by atoms with van der Waals surface area (Å²) in [7, 11) is 0. The predicted octanol–water partition coefficient (Wildman–Crippen LogP) is 4.39. The lowest BCUT2D eigenvalue weighted by Crippen LogP contribution is -2.28. The summed E-state index contributed by atoms with van der Waals surface area (Å²) in [6, 6.07) is 5.43. The van der Waals surface area contributed by atoms with Gasteiger partial charge in [0.05, 0.1) is 15.6 Å². The van der Waals surface area contributed by atoms with Crippen molar-refractivity contribution in [2.24, 2.45) is 5.92 Å². The van der Waals surface area contributed by atoms with Crippen LogP contribution in [0.2, 0.25) is 10.0 Å². The van der Waals surface area contributed by atoms with Crippen LogP contribution in [-0.2, 0) is 5.60 Å². The van der Waals surface area contributed by atoms with Crippen molar-refractivity contribution in [1.29, 1.82) is 0 Å². The molecule has 0 bridgehead atoms. The molecule has 16 heavy (non-hydrogen) atoms. The molecule has 0 spiro atoms. The number of hydrogen-bond donors (Lipinski definition) is 1. The second kappa shape index (κ2) is 4.56. The molecule has 0 radical (unpaired) electrons. The molecule has 1 aromatic rings. The Bertz CT molecular complexity index is 384. The topological polar surface area (TPSA) is 20.2 Å². The van der Waals surface area contributed by atoms with Crippen LogP contribution in [0.5, 0.6) is 0 Å². The summed E-state index contributed by atoms with van der Waals surface area (Å²) in [5.74, 6) is 0.630. The van der Waals surface area contributed by atoms with E-state index >= 15 is 0 Å². The van der Waals surface area contributed by atoms with E-state index in [0.29, 0.717) is 16.0 Å². The molecule has 2 rings (SSSR count). The van der Waals surface area contributed by atoms with Gasteiger partial charge in [-0.3, -0.25) is 0 Å². The van der Waals surface area contributed by atoms with E-state index in [1.165, 1.54) is 19.3 Å². The molecule has 88 valence electrons. The maximum atomic E-state index is 10.5. The van der Waals surface area contributed by atoms with Crippen molar-refractivity contribution < 1.29 is 5.11 Å². The average Bonchev–Trinajstić information content (AvgIpc) is 2.16. The van der Waals surface area contributed by atoms with E-state index in [-0.39, 0.29) is 0 Å². The Morgan fingerprint density at radius 3 is 2.62 bits per heavy atom. The summed E-state index contributed by atoms with van der Waals surface area (Å²) in [5, 5.41) is 11.5. The Hall–Kier alpha value is -0.240. The van der Waals surface area contributed by atoms with Crippen LogP contribution >= 0.6 is 23.2 Å². The molecule has 1 atom stereocenters. The molecule has 1 unspecified atom stereocenters. The molecule has 1 fully saturated rings. The first-order chi connectivity index (χ1) is 7.50. The average molecular weight is 259 g/mol. The van der Waals surface area contributed by atoms with Crippen LogP contribution < -0.4 is 0 Å². The summed E-state index contributed by atoms with van der Waals surface area (Å²) in [6.07, 6.45) is 4.49. The van der Waals surface area contributed by atoms with Gasteiger partial charge in [0.25, 0.3) is 0 Å². The maximum absolute atomic E-state index is 10.5. The summed E-state index contributed by atoms with van der Waals surface area (Å²) < 4.78 is 0. The van der Waals surface area contributed by atoms with Gasteiger partial charge < -0.3 is 5.11 Å². The summed E-state index contributed by atoms with van der Waals surface area (Å²) in [4.78, 5) is 0. The highest BCUT2D eigenvalue weighted by molar-refractivity contribution is 6.42. The molecule has 0 amide bonds. The molecule has 3 heteroatoms. The van der Waals surface area contributed by atoms with E-state index in [0.717, 1.165) is 12.0 Å². The van der Waals surface area contributed by atoms with Crippen LogP contribution in [0, 0.1) is 5.92 Å². The minimum atomic E-state index is -0.868. The molecule has 1 saturated carbocycles. The fourth-order valence-electron chi connectivity index (χ4n) is 2.29. The van der Waals surface area contributed by atoms with Crippen LogP contribution in [0.15, 0.2) is 18.2 Å². The van der Waals surface area contributed by atoms with Crippen molar-refractivity contribution in [1.82, 2.24) is 0 Å². The fourth-order valence-corrected chi connectivity index (χ4v) is 2.79. The first-order valence-corrected chi connectivity index (χ1v) is 6.43. The number of hydrogen-bond acceptors (Lipinski definition) is 1. The van der Waals surface area contributed by atoms with E-state index in [4.69, 9.17) is 23.2 Å². The Labute approximate surface area is 106 Å². The van der Waals surface area contributed by atoms with Crippen LogP contribution in [-0.4, -0.2) is 5.11 Å². The van der Waals surface area contributed by atoms with Gasteiger partial charge >= 0.3 is 0 Å². The molecular weight excluding hydrogens is 243 g/mol. The molecule has 0 saturated heterocycles. The molecular formula is C13H16Cl2O. The van der Waals surface area contributed by atoms with Gasteiger partial charge in [-0.05, 0) is 25.3 Å². The maximum Gasteiger partial charge on any atom is 0.0886 e. The van der Waals surface area contributed by atoms with Gasteiger partial charge in [-0.25, -0.2) is 0 Å². The highest BCUT2D eigenvalue weighted by Gasteiger charge is 2.32. The van der Waals surface area contributed by atoms with Crippen LogP contribution in [0.1, 0.15) is 38.2 Å². The monoisotopic (exact) mass is 258 g/mol. The first-order valence-electron chi connectivity index (χ1n) is 5.67. The Morgan fingerprint density at radius 2 is 2.06 bits per heavy atom. The second-order valence-electron chi connectivity index (χ2n) is 4.88. The third kappa shape index (κ3) is 2.37. The molecule has 1 aliphatic carbocycles. The van der Waals surface area contributed by atoms with Gasteiger partial charge in [-0.2, -0.15) is 0 Å². The highest BCUT2D eigenvalue weighted by Crippen LogP contribution is 2.41. The lowest BCUT2D eigenvalue weighted by Gasteiger charge is -2.34. The van der Waals surface area contributed by atoms with Gasteiger partial charge in [0.2, 0.25) is 0 Å². The van der Waals surface area contributed by atoms with Crippen molar-refractivity contribution >= 4 is 23.2 Å². The third-order valence-corrected chi connectivity index (χ3v) is 4.26. The quantitative estimate of drug-likeness (QED) is 0.853. The molecule has 0 aliphatic heterocycles. The van der Waals surface area contributed by atoms with E-state index in [2.05, 4.69) is 0 Å². The minimum Gasteiger partial charge on any atom is -0.385 e. The molecule has 1 aromatic carbocycles. The van der Waals surface area contributed by atoms with E-state index in [1.807, 2.05) is 19.1 Å². The van der Waals surface area contributed by atoms with Crippen molar-refractivity contribution in [3.63, 3.8) is 0 Å². The SMILES string of the molecule is CC(O)(CC1CCC1)c1cccc(Cl)c1Cl. The summed E-state index contributed by atoms with van der Waals surface area (Å²) >= 11 is 12.1. The Balaban J connectivity index is 2.23. The highest BCUT2D eigenvalue weighted by atomic mass is 35.5. The predicted molar refractivity (Wildman–Crippen MR) is 68.0 cm³/mol. The van der Waals surface area contributed by atoms with Crippen LogP contribution in [0.4, 0.5) is 0 Å². The molecule has 1 aliphatic rings. The number of halogens is 2. The summed E-state index contributed by atoms with van der Waals surface area (Å²) in [6.45, 7) is 1.82. The summed E-state index contributed by atoms with van der Waals surface area (Å²) in [5.41, 5.74) is -0.124. The van der Waals surface area contributed by atoms with Crippen molar-refractivity contribution in [2.75, 3.05) is 0 Å². The van der Waals surface area contributed by atoms with Gasteiger partial charge in [-0.1, -0.05) is 54.6 Å². The third-order valence-electron chi connectivity index (χ3n) is 3.44. The first kappa shape index (κ1) is 12.2. The second-order valence-corrected chi connectivity index (χ2v) is 5.66. The zero-order chi connectivity index (χ0) is 11.8. The number of rotatable bonds is 3. The van der Waals surface area contributed by atoms with Gasteiger partial charge in [-0.15, -0.1) is 0 Å². The Morgan fingerprint density at radius 1 is 1.38 bits per heavy atom. The lowest BCUT2D eigenvalue weighted by molar-refractivity contribution is 0.0162. The Kier molecular flexibility index (Phi) is 3.48. The van der Waals surface area contributed by atoms with Crippen molar-refractivity contribution in [2.45, 2.75) is 38.2 Å². The number of aliphatic hydroxyl groups is 1. The van der Waals surface area contributed by atoms with Crippen LogP contribution in [0.25, 0.3) is 0 Å². The lowest BCUT2D eigenvalue weighted by atomic mass is 9.76. The minimum absolute atomic E-state index is 0.480. The van der Waals surface area contributed by atoms with E-state index in [9.17, 15) is 5.11 Å². The van der Waals surface area contributed by atoms with Gasteiger partial charge in [0.1, 0.15) is 0 Å². The van der Waals surface area contributed by atoms with E-state index < -0.39 is 5.60 Å². The normalized spacial score (nSPS) is 20.2. The number of benzene rings is 1. The largest absolute Gasteiger partial charge is 0.385 e. The molecule has 1 N–H and O–H groups in total. The zero-order valence-corrected chi connectivity index (χ0v) is 10.9. The fraction of sp³-hybridized carbons (Fsp3) is 0.538. The van der Waals surface area contributed by atoms with Gasteiger partial charge in [0.15, 0.2) is 0 Å². The molecule has 1 nitrogen and oxygen atoms in total. The molecule has 0 heterocycles.